The maximum absolute atomic E-state index is 13.4. The molecule has 2 aromatic rings. The number of nitrogens with two attached hydrogens (primary N) is 1. The van der Waals surface area contributed by atoms with Crippen molar-refractivity contribution in [2.24, 2.45) is 11.7 Å². The molecule has 13 nitrogen and oxygen atoms in total. The summed E-state index contributed by atoms with van der Waals surface area (Å²) in [6.45, 7) is 0.310. The fraction of sp³-hybridized carbons (Fsp3) is 0.438. The second kappa shape index (κ2) is 16.2. The molecule has 45 heavy (non-hydrogen) atoms. The molecule has 2 bridgehead atoms. The van der Waals surface area contributed by atoms with E-state index in [1.165, 1.54) is 6.26 Å². The first-order valence-electron chi connectivity index (χ1n) is 15.2. The lowest BCUT2D eigenvalue weighted by Crippen LogP contribution is -2.50. The van der Waals surface area contributed by atoms with Gasteiger partial charge in [-0.1, -0.05) is 24.3 Å². The highest BCUT2D eigenvalue weighted by molar-refractivity contribution is 5.96. The summed E-state index contributed by atoms with van der Waals surface area (Å²) in [5.41, 5.74) is 6.86. The van der Waals surface area contributed by atoms with Crippen LogP contribution in [0.25, 0.3) is 0 Å². The van der Waals surface area contributed by atoms with Gasteiger partial charge in [0.1, 0.15) is 17.8 Å². The van der Waals surface area contributed by atoms with Crippen molar-refractivity contribution >= 4 is 35.4 Å². The van der Waals surface area contributed by atoms with Crippen molar-refractivity contribution in [3.05, 3.63) is 71.7 Å². The van der Waals surface area contributed by atoms with E-state index in [0.717, 1.165) is 12.2 Å². The molecule has 1 saturated carbocycles. The predicted molar refractivity (Wildman–Crippen MR) is 163 cm³/mol. The van der Waals surface area contributed by atoms with Gasteiger partial charge in [-0.2, -0.15) is 0 Å². The Kier molecular flexibility index (Phi) is 11.9. The Balaban J connectivity index is 1.51. The number of amides is 6. The Morgan fingerprint density at radius 3 is 2.24 bits per heavy atom. The molecule has 1 aliphatic carbocycles. The highest BCUT2D eigenvalue weighted by Gasteiger charge is 2.30. The van der Waals surface area contributed by atoms with Crippen LogP contribution in [-0.4, -0.2) is 60.1 Å². The smallest absolute Gasteiger partial charge is 0.244 e. The van der Waals surface area contributed by atoms with E-state index < -0.39 is 41.6 Å². The van der Waals surface area contributed by atoms with E-state index in [4.69, 9.17) is 10.2 Å². The monoisotopic (exact) mass is 620 g/mol. The Morgan fingerprint density at radius 2 is 1.53 bits per heavy atom. The normalized spacial score (nSPS) is 25.2. The topological polar surface area (TPSA) is 202 Å². The fourth-order valence-electron chi connectivity index (χ4n) is 5.52. The summed E-state index contributed by atoms with van der Waals surface area (Å²) in [6, 6.07) is 8.54. The molecular formula is C32H40N6O7. The quantitative estimate of drug-likeness (QED) is 0.283. The van der Waals surface area contributed by atoms with Crippen LogP contribution in [0.3, 0.4) is 0 Å². The van der Waals surface area contributed by atoms with Crippen LogP contribution in [-0.2, 0) is 48.2 Å². The molecule has 0 spiro atoms. The van der Waals surface area contributed by atoms with Crippen LogP contribution in [0.2, 0.25) is 0 Å². The van der Waals surface area contributed by atoms with Crippen LogP contribution in [0.1, 0.15) is 55.4 Å². The Morgan fingerprint density at radius 1 is 0.800 bits per heavy atom. The van der Waals surface area contributed by atoms with Crippen LogP contribution < -0.4 is 32.3 Å². The van der Waals surface area contributed by atoms with Gasteiger partial charge in [0.25, 0.3) is 0 Å². The molecule has 3 heterocycles. The first-order chi connectivity index (χ1) is 21.7. The summed E-state index contributed by atoms with van der Waals surface area (Å²) in [5.74, 6) is -2.49. The molecule has 1 aromatic carbocycles. The van der Waals surface area contributed by atoms with Gasteiger partial charge in [0.05, 0.1) is 12.7 Å². The summed E-state index contributed by atoms with van der Waals surface area (Å²) >= 11 is 0. The largest absolute Gasteiger partial charge is 0.469 e. The van der Waals surface area contributed by atoms with E-state index in [-0.39, 0.29) is 50.2 Å². The van der Waals surface area contributed by atoms with Crippen molar-refractivity contribution in [3.8, 4) is 0 Å². The molecule has 13 heteroatoms. The Bertz CT molecular complexity index is 1400. The number of furan rings is 1. The minimum Gasteiger partial charge on any atom is -0.469 e. The lowest BCUT2D eigenvalue weighted by atomic mass is 9.85. The first-order valence-corrected chi connectivity index (χ1v) is 15.2. The van der Waals surface area contributed by atoms with E-state index in [0.29, 0.717) is 49.0 Å². The number of hydrogen-bond acceptors (Lipinski definition) is 7. The number of benzene rings is 1. The predicted octanol–water partition coefficient (Wildman–Crippen LogP) is 0.277. The summed E-state index contributed by atoms with van der Waals surface area (Å²) in [6.07, 6.45) is 6.62. The standard InChI is InChI=1S/C32H40N6O7/c33-30(42)25-8-3-15-34-27(39)13-14-28(40)36-23-11-9-20(10-12-23)31(43)38-26(18-24-7-4-16-45-24)32(44)35-19-22-6-2-1-5-21(22)17-29(41)37-25/h1-2,4-7,13-14,16,20,23,25-26H,3,8-12,15,17-19H2,(H2,33,42)(H,34,39)(H,35,44)(H,36,40)(H,37,41)(H,38,43)/b14-13+/t20?,23?,25-,26-/m0/s1. The van der Waals surface area contributed by atoms with Gasteiger partial charge in [0.2, 0.25) is 35.4 Å². The van der Waals surface area contributed by atoms with Crippen LogP contribution in [0.15, 0.2) is 59.2 Å². The third-order valence-corrected chi connectivity index (χ3v) is 8.02. The Hall–Kier alpha value is -4.94. The summed E-state index contributed by atoms with van der Waals surface area (Å²) < 4.78 is 5.44. The molecule has 2 aliphatic heterocycles. The van der Waals surface area contributed by atoms with Gasteiger partial charge in [0, 0.05) is 43.6 Å². The zero-order valence-electron chi connectivity index (χ0n) is 25.0. The van der Waals surface area contributed by atoms with Crippen molar-refractivity contribution in [1.82, 2.24) is 26.6 Å². The number of primary amides is 1. The van der Waals surface area contributed by atoms with Crippen molar-refractivity contribution in [1.29, 1.82) is 0 Å². The number of hydrogen-bond donors (Lipinski definition) is 6. The highest BCUT2D eigenvalue weighted by Crippen LogP contribution is 2.25. The van der Waals surface area contributed by atoms with Crippen molar-refractivity contribution in [3.63, 3.8) is 0 Å². The summed E-state index contributed by atoms with van der Waals surface area (Å²) in [5, 5.41) is 13.9. The summed E-state index contributed by atoms with van der Waals surface area (Å²) in [4.78, 5) is 76.1. The van der Waals surface area contributed by atoms with Crippen molar-refractivity contribution in [2.75, 3.05) is 6.54 Å². The van der Waals surface area contributed by atoms with Gasteiger partial charge in [-0.25, -0.2) is 0 Å². The van der Waals surface area contributed by atoms with Gasteiger partial charge in [-0.3, -0.25) is 28.8 Å². The molecule has 6 amide bonds. The lowest BCUT2D eigenvalue weighted by Gasteiger charge is -2.29. The zero-order chi connectivity index (χ0) is 32.2. The van der Waals surface area contributed by atoms with E-state index in [1.807, 2.05) is 0 Å². The average molecular weight is 621 g/mol. The molecular weight excluding hydrogens is 580 g/mol. The molecule has 0 unspecified atom stereocenters. The Labute approximate surface area is 261 Å². The van der Waals surface area contributed by atoms with E-state index in [9.17, 15) is 28.8 Å². The van der Waals surface area contributed by atoms with Gasteiger partial charge < -0.3 is 36.7 Å². The van der Waals surface area contributed by atoms with E-state index >= 15 is 0 Å². The van der Waals surface area contributed by atoms with Gasteiger partial charge in [0.15, 0.2) is 0 Å². The maximum atomic E-state index is 13.4. The van der Waals surface area contributed by atoms with Crippen LogP contribution >= 0.6 is 0 Å². The SMILES string of the molecule is NC(=O)[C@@H]1CCCNC(=O)/C=C/C(=O)NC2CCC(CC2)C(=O)N[C@@H](Cc2ccco2)C(=O)NCc2ccccc2CC(=O)N1. The number of carbonyl (C=O) groups excluding carboxylic acids is 6. The number of carbonyl (C=O) groups is 6. The highest BCUT2D eigenvalue weighted by atomic mass is 16.3. The van der Waals surface area contributed by atoms with Crippen LogP contribution in [0.5, 0.6) is 0 Å². The zero-order valence-corrected chi connectivity index (χ0v) is 25.0. The third-order valence-electron chi connectivity index (χ3n) is 8.02. The molecule has 1 aromatic heterocycles. The second-order valence-electron chi connectivity index (χ2n) is 11.4. The van der Waals surface area contributed by atoms with Crippen LogP contribution in [0.4, 0.5) is 0 Å². The third kappa shape index (κ3) is 10.3. The molecule has 1 fully saturated rings. The number of fused-ring (bicyclic) bond motifs is 18. The van der Waals surface area contributed by atoms with Gasteiger partial charge in [-0.15, -0.1) is 0 Å². The van der Waals surface area contributed by atoms with E-state index in [1.54, 1.807) is 36.4 Å². The molecule has 240 valence electrons. The minimum absolute atomic E-state index is 0.0609. The van der Waals surface area contributed by atoms with Crippen LogP contribution in [0, 0.1) is 5.92 Å². The van der Waals surface area contributed by atoms with Crippen molar-refractivity contribution < 1.29 is 33.2 Å². The first kappa shape index (κ1) is 33.0. The average Bonchev–Trinajstić information content (AvgIpc) is 3.53. The van der Waals surface area contributed by atoms with Crippen molar-refractivity contribution in [2.45, 2.75) is 76.0 Å². The van der Waals surface area contributed by atoms with Gasteiger partial charge >= 0.3 is 0 Å². The fourth-order valence-corrected chi connectivity index (χ4v) is 5.52. The lowest BCUT2D eigenvalue weighted by molar-refractivity contribution is -0.132. The summed E-state index contributed by atoms with van der Waals surface area (Å²) in [7, 11) is 0. The van der Waals surface area contributed by atoms with E-state index in [2.05, 4.69) is 26.6 Å². The number of nitrogens with one attached hydrogen (secondary N) is 5. The number of rotatable bonds is 3. The molecule has 3 aliphatic rings. The molecule has 7 N–H and O–H groups in total. The van der Waals surface area contributed by atoms with Gasteiger partial charge in [-0.05, 0) is 61.8 Å². The molecule has 0 saturated heterocycles. The molecule has 0 radical (unpaired) electrons. The minimum atomic E-state index is -0.946. The molecule has 2 atom stereocenters. The molecule has 5 rings (SSSR count). The maximum Gasteiger partial charge on any atom is 0.244 e. The second-order valence-corrected chi connectivity index (χ2v) is 11.4.